The summed E-state index contributed by atoms with van der Waals surface area (Å²) >= 11 is 0. The molecule has 0 spiro atoms. The Labute approximate surface area is 117 Å². The first kappa shape index (κ1) is 15.8. The molecule has 4 heteroatoms. The number of nitrogens with two attached hydrogens (primary N) is 1. The third-order valence-electron chi connectivity index (χ3n) is 4.30. The van der Waals surface area contributed by atoms with E-state index in [1.165, 1.54) is 44.9 Å². The van der Waals surface area contributed by atoms with Crippen molar-refractivity contribution >= 4 is 18.3 Å². The van der Waals surface area contributed by atoms with Crippen molar-refractivity contribution < 1.29 is 4.79 Å². The van der Waals surface area contributed by atoms with Crippen molar-refractivity contribution in [3.05, 3.63) is 0 Å². The molecule has 18 heavy (non-hydrogen) atoms. The molecule has 2 aliphatic carbocycles. The lowest BCUT2D eigenvalue weighted by molar-refractivity contribution is -0.125. The first-order valence-electron chi connectivity index (χ1n) is 7.31. The largest absolute Gasteiger partial charge is 0.353 e. The second-order valence-electron chi connectivity index (χ2n) is 5.82. The topological polar surface area (TPSA) is 55.1 Å². The number of carbonyl (C=O) groups is 1. The zero-order valence-electron chi connectivity index (χ0n) is 11.2. The van der Waals surface area contributed by atoms with Gasteiger partial charge >= 0.3 is 0 Å². The zero-order valence-corrected chi connectivity index (χ0v) is 12.0. The Hall–Kier alpha value is -0.280. The summed E-state index contributed by atoms with van der Waals surface area (Å²) < 4.78 is 0. The van der Waals surface area contributed by atoms with Gasteiger partial charge in [-0.1, -0.05) is 32.1 Å². The Bertz CT molecular complexity index is 252. The van der Waals surface area contributed by atoms with Crippen LogP contribution in [0, 0.1) is 5.92 Å². The number of nitrogens with one attached hydrogen (secondary N) is 1. The predicted molar refractivity (Wildman–Crippen MR) is 76.8 cm³/mol. The lowest BCUT2D eigenvalue weighted by Crippen LogP contribution is -2.39. The van der Waals surface area contributed by atoms with E-state index in [4.69, 9.17) is 5.73 Å². The molecule has 2 rings (SSSR count). The van der Waals surface area contributed by atoms with Gasteiger partial charge in [0, 0.05) is 18.0 Å². The molecule has 0 saturated heterocycles. The Kier molecular flexibility index (Phi) is 7.02. The van der Waals surface area contributed by atoms with E-state index in [1.807, 2.05) is 0 Å². The van der Waals surface area contributed by atoms with Gasteiger partial charge in [0.1, 0.15) is 0 Å². The summed E-state index contributed by atoms with van der Waals surface area (Å²) in [5.41, 5.74) is 5.86. The second-order valence-corrected chi connectivity index (χ2v) is 5.82. The third kappa shape index (κ3) is 4.77. The highest BCUT2D eigenvalue weighted by atomic mass is 35.5. The standard InChI is InChI=1S/C14H26N2O.ClH/c15-12-9-8-11(10-12)14(17)16-13-6-4-2-1-3-5-7-13;/h11-13H,1-10,15H2,(H,16,17);1H. The second kappa shape index (κ2) is 8.00. The van der Waals surface area contributed by atoms with Gasteiger partial charge in [-0.05, 0) is 32.1 Å². The van der Waals surface area contributed by atoms with E-state index >= 15 is 0 Å². The SMILES string of the molecule is Cl.NC1CCC(C(=O)NC2CCCCCCC2)C1. The highest BCUT2D eigenvalue weighted by Gasteiger charge is 2.28. The van der Waals surface area contributed by atoms with Gasteiger partial charge in [-0.2, -0.15) is 0 Å². The predicted octanol–water partition coefficient (Wildman–Crippen LogP) is 2.76. The van der Waals surface area contributed by atoms with Crippen LogP contribution in [-0.4, -0.2) is 18.0 Å². The average molecular weight is 275 g/mol. The van der Waals surface area contributed by atoms with Crippen molar-refractivity contribution in [1.82, 2.24) is 5.32 Å². The fraction of sp³-hybridized carbons (Fsp3) is 0.929. The normalized spacial score (nSPS) is 30.1. The van der Waals surface area contributed by atoms with Gasteiger partial charge in [-0.3, -0.25) is 4.79 Å². The molecule has 3 nitrogen and oxygen atoms in total. The van der Waals surface area contributed by atoms with E-state index in [1.54, 1.807) is 0 Å². The van der Waals surface area contributed by atoms with Crippen molar-refractivity contribution in [3.63, 3.8) is 0 Å². The van der Waals surface area contributed by atoms with Crippen molar-refractivity contribution in [2.45, 2.75) is 76.3 Å². The molecular formula is C14H27ClN2O. The number of halogens is 1. The molecule has 3 N–H and O–H groups in total. The first-order chi connectivity index (χ1) is 8.25. The number of rotatable bonds is 2. The van der Waals surface area contributed by atoms with Crippen molar-refractivity contribution in [3.8, 4) is 0 Å². The van der Waals surface area contributed by atoms with Crippen LogP contribution in [0.4, 0.5) is 0 Å². The van der Waals surface area contributed by atoms with Crippen LogP contribution in [0.2, 0.25) is 0 Å². The average Bonchev–Trinajstić information content (AvgIpc) is 2.68. The summed E-state index contributed by atoms with van der Waals surface area (Å²) in [5.74, 6) is 0.457. The Morgan fingerprint density at radius 3 is 2.11 bits per heavy atom. The van der Waals surface area contributed by atoms with E-state index in [0.29, 0.717) is 6.04 Å². The van der Waals surface area contributed by atoms with Gasteiger partial charge in [-0.15, -0.1) is 12.4 Å². The lowest BCUT2D eigenvalue weighted by Gasteiger charge is -2.22. The van der Waals surface area contributed by atoms with Crippen molar-refractivity contribution in [2.24, 2.45) is 11.7 Å². The minimum atomic E-state index is 0. The van der Waals surface area contributed by atoms with Gasteiger partial charge in [0.15, 0.2) is 0 Å². The fourth-order valence-electron chi connectivity index (χ4n) is 3.17. The van der Waals surface area contributed by atoms with E-state index in [-0.39, 0.29) is 30.3 Å². The third-order valence-corrected chi connectivity index (χ3v) is 4.30. The molecular weight excluding hydrogens is 248 g/mol. The van der Waals surface area contributed by atoms with Crippen LogP contribution in [0.3, 0.4) is 0 Å². The van der Waals surface area contributed by atoms with Crippen molar-refractivity contribution in [2.75, 3.05) is 0 Å². The van der Waals surface area contributed by atoms with Crippen LogP contribution in [0.25, 0.3) is 0 Å². The van der Waals surface area contributed by atoms with Gasteiger partial charge < -0.3 is 11.1 Å². The van der Waals surface area contributed by atoms with E-state index in [2.05, 4.69) is 5.32 Å². The summed E-state index contributed by atoms with van der Waals surface area (Å²) in [6.07, 6.45) is 11.8. The van der Waals surface area contributed by atoms with E-state index in [0.717, 1.165) is 19.3 Å². The van der Waals surface area contributed by atoms with Crippen LogP contribution < -0.4 is 11.1 Å². The molecule has 0 aromatic rings. The van der Waals surface area contributed by atoms with Crippen LogP contribution in [0.5, 0.6) is 0 Å². The van der Waals surface area contributed by atoms with Crippen LogP contribution in [-0.2, 0) is 4.79 Å². The smallest absolute Gasteiger partial charge is 0.223 e. The molecule has 2 atom stereocenters. The Balaban J connectivity index is 0.00000162. The van der Waals surface area contributed by atoms with Crippen LogP contribution in [0.15, 0.2) is 0 Å². The molecule has 2 fully saturated rings. The molecule has 2 aliphatic rings. The fourth-order valence-corrected chi connectivity index (χ4v) is 3.17. The maximum Gasteiger partial charge on any atom is 0.223 e. The number of hydrogen-bond donors (Lipinski definition) is 2. The highest BCUT2D eigenvalue weighted by molar-refractivity contribution is 5.85. The number of hydrogen-bond acceptors (Lipinski definition) is 2. The molecule has 0 aromatic carbocycles. The number of amides is 1. The molecule has 0 aromatic heterocycles. The van der Waals surface area contributed by atoms with Gasteiger partial charge in [-0.25, -0.2) is 0 Å². The lowest BCUT2D eigenvalue weighted by atomic mass is 9.96. The summed E-state index contributed by atoms with van der Waals surface area (Å²) in [5, 5.41) is 3.25. The maximum absolute atomic E-state index is 12.1. The van der Waals surface area contributed by atoms with Gasteiger partial charge in [0.05, 0.1) is 0 Å². The van der Waals surface area contributed by atoms with Gasteiger partial charge in [0.2, 0.25) is 5.91 Å². The molecule has 0 aliphatic heterocycles. The Morgan fingerprint density at radius 1 is 0.944 bits per heavy atom. The minimum Gasteiger partial charge on any atom is -0.353 e. The van der Waals surface area contributed by atoms with Crippen LogP contribution >= 0.6 is 12.4 Å². The molecule has 2 unspecified atom stereocenters. The van der Waals surface area contributed by atoms with Crippen molar-refractivity contribution in [1.29, 1.82) is 0 Å². The molecule has 0 bridgehead atoms. The quantitative estimate of drug-likeness (QED) is 0.814. The summed E-state index contributed by atoms with van der Waals surface area (Å²) in [6, 6.07) is 0.683. The first-order valence-corrected chi connectivity index (χ1v) is 7.31. The highest BCUT2D eigenvalue weighted by Crippen LogP contribution is 2.25. The van der Waals surface area contributed by atoms with Crippen LogP contribution in [0.1, 0.15) is 64.2 Å². The number of carbonyl (C=O) groups excluding carboxylic acids is 1. The molecule has 0 radical (unpaired) electrons. The summed E-state index contributed by atoms with van der Waals surface area (Å²) in [7, 11) is 0. The summed E-state index contributed by atoms with van der Waals surface area (Å²) in [4.78, 5) is 12.1. The van der Waals surface area contributed by atoms with E-state index < -0.39 is 0 Å². The Morgan fingerprint density at radius 2 is 1.56 bits per heavy atom. The monoisotopic (exact) mass is 274 g/mol. The summed E-state index contributed by atoms with van der Waals surface area (Å²) in [6.45, 7) is 0. The molecule has 0 heterocycles. The minimum absolute atomic E-state index is 0. The molecule has 2 saturated carbocycles. The maximum atomic E-state index is 12.1. The van der Waals surface area contributed by atoms with Gasteiger partial charge in [0.25, 0.3) is 0 Å². The zero-order chi connectivity index (χ0) is 12.1. The molecule has 106 valence electrons. The molecule has 1 amide bonds. The van der Waals surface area contributed by atoms with E-state index in [9.17, 15) is 4.79 Å².